The first-order valence-corrected chi connectivity index (χ1v) is 8.32. The number of β-amino-alcohol motifs (C(OH)–C–C–N with tert-alkyl or cyclic N) is 1. The summed E-state index contributed by atoms with van der Waals surface area (Å²) in [5, 5.41) is 9.70. The average molecular weight is 337 g/mol. The van der Waals surface area contributed by atoms with Crippen LogP contribution in [0, 0.1) is 0 Å². The van der Waals surface area contributed by atoms with Crippen LogP contribution in [0.25, 0.3) is 0 Å². The van der Waals surface area contributed by atoms with Gasteiger partial charge in [0.2, 0.25) is 0 Å². The number of hydrogen-bond acceptors (Lipinski definition) is 6. The molecule has 134 valence electrons. The molecule has 1 N–H and O–H groups in total. The lowest BCUT2D eigenvalue weighted by Crippen LogP contribution is -2.38. The Bertz CT molecular complexity index is 535. The van der Waals surface area contributed by atoms with Gasteiger partial charge in [0.05, 0.1) is 27.4 Å². The van der Waals surface area contributed by atoms with Crippen molar-refractivity contribution in [2.24, 2.45) is 0 Å². The SMILES string of the molecule is COc1cc(OC)c(C(=O)CCCN2CCCC(O)C2)c(OC)c1. The predicted molar refractivity (Wildman–Crippen MR) is 91.3 cm³/mol. The molecule has 1 unspecified atom stereocenters. The summed E-state index contributed by atoms with van der Waals surface area (Å²) in [4.78, 5) is 14.9. The van der Waals surface area contributed by atoms with Crippen molar-refractivity contribution in [2.45, 2.75) is 31.8 Å². The van der Waals surface area contributed by atoms with E-state index in [0.29, 0.717) is 35.8 Å². The summed E-state index contributed by atoms with van der Waals surface area (Å²) < 4.78 is 15.9. The molecule has 0 bridgehead atoms. The van der Waals surface area contributed by atoms with Crippen molar-refractivity contribution in [3.05, 3.63) is 17.7 Å². The van der Waals surface area contributed by atoms with Crippen LogP contribution in [0.4, 0.5) is 0 Å². The number of aliphatic hydroxyl groups is 1. The van der Waals surface area contributed by atoms with Gasteiger partial charge in [-0.1, -0.05) is 0 Å². The first-order valence-electron chi connectivity index (χ1n) is 8.32. The number of benzene rings is 1. The Labute approximate surface area is 143 Å². The van der Waals surface area contributed by atoms with Crippen molar-refractivity contribution in [1.29, 1.82) is 0 Å². The van der Waals surface area contributed by atoms with Gasteiger partial charge in [0.15, 0.2) is 5.78 Å². The molecular weight excluding hydrogens is 310 g/mol. The number of ether oxygens (including phenoxy) is 3. The van der Waals surface area contributed by atoms with E-state index in [2.05, 4.69) is 4.90 Å². The lowest BCUT2D eigenvalue weighted by molar-refractivity contribution is 0.0692. The van der Waals surface area contributed by atoms with Gasteiger partial charge in [-0.05, 0) is 32.4 Å². The number of carbonyl (C=O) groups excluding carboxylic acids is 1. The second-order valence-corrected chi connectivity index (χ2v) is 6.03. The fourth-order valence-electron chi connectivity index (χ4n) is 3.10. The molecule has 24 heavy (non-hydrogen) atoms. The van der Waals surface area contributed by atoms with Crippen molar-refractivity contribution in [2.75, 3.05) is 41.0 Å². The van der Waals surface area contributed by atoms with Crippen molar-refractivity contribution in [3.8, 4) is 17.2 Å². The minimum absolute atomic E-state index is 0.0103. The first kappa shape index (κ1) is 18.5. The molecule has 1 aromatic carbocycles. The number of piperidine rings is 1. The van der Waals surface area contributed by atoms with E-state index in [1.54, 1.807) is 19.2 Å². The lowest BCUT2D eigenvalue weighted by atomic mass is 10.0. The monoisotopic (exact) mass is 337 g/mol. The fraction of sp³-hybridized carbons (Fsp3) is 0.611. The van der Waals surface area contributed by atoms with Gasteiger partial charge in [-0.2, -0.15) is 0 Å². The number of Topliss-reactive ketones (excluding diaryl/α,β-unsaturated/α-hetero) is 1. The van der Waals surface area contributed by atoms with E-state index in [9.17, 15) is 9.90 Å². The smallest absolute Gasteiger partial charge is 0.170 e. The van der Waals surface area contributed by atoms with Crippen molar-refractivity contribution in [3.63, 3.8) is 0 Å². The number of hydrogen-bond donors (Lipinski definition) is 1. The van der Waals surface area contributed by atoms with Gasteiger partial charge in [0, 0.05) is 25.1 Å². The second kappa shape index (κ2) is 8.89. The molecular formula is C18H27NO5. The number of nitrogens with zero attached hydrogens (tertiary/aromatic N) is 1. The van der Waals surface area contributed by atoms with Crippen LogP contribution in [0.15, 0.2) is 12.1 Å². The van der Waals surface area contributed by atoms with Gasteiger partial charge >= 0.3 is 0 Å². The Hall–Kier alpha value is -1.79. The Balaban J connectivity index is 2.00. The third-order valence-corrected chi connectivity index (χ3v) is 4.35. The topological polar surface area (TPSA) is 68.2 Å². The molecule has 1 saturated heterocycles. The highest BCUT2D eigenvalue weighted by Crippen LogP contribution is 2.35. The maximum absolute atomic E-state index is 12.6. The molecule has 1 aromatic rings. The Kier molecular flexibility index (Phi) is 6.87. The largest absolute Gasteiger partial charge is 0.496 e. The summed E-state index contributed by atoms with van der Waals surface area (Å²) in [6.07, 6.45) is 2.79. The quantitative estimate of drug-likeness (QED) is 0.733. The number of methoxy groups -OCH3 is 3. The van der Waals surface area contributed by atoms with Crippen LogP contribution in [0.2, 0.25) is 0 Å². The van der Waals surface area contributed by atoms with E-state index in [-0.39, 0.29) is 11.9 Å². The van der Waals surface area contributed by atoms with Crippen LogP contribution >= 0.6 is 0 Å². The number of likely N-dealkylation sites (tertiary alicyclic amines) is 1. The predicted octanol–water partition coefficient (Wildman–Crippen LogP) is 2.13. The maximum atomic E-state index is 12.6. The molecule has 1 aliphatic heterocycles. The van der Waals surface area contributed by atoms with Gasteiger partial charge in [-0.3, -0.25) is 4.79 Å². The van der Waals surface area contributed by atoms with Crippen molar-refractivity contribution < 1.29 is 24.1 Å². The van der Waals surface area contributed by atoms with Gasteiger partial charge in [0.25, 0.3) is 0 Å². The Morgan fingerprint density at radius 1 is 1.21 bits per heavy atom. The summed E-state index contributed by atoms with van der Waals surface area (Å²) in [7, 11) is 4.61. The van der Waals surface area contributed by atoms with E-state index >= 15 is 0 Å². The standard InChI is InChI=1S/C18H27NO5/c1-22-14-10-16(23-2)18(17(11-14)24-3)15(21)7-5-9-19-8-4-6-13(20)12-19/h10-11,13,20H,4-9,12H2,1-3H3. The van der Waals surface area contributed by atoms with Crippen LogP contribution in [-0.2, 0) is 0 Å². The summed E-state index contributed by atoms with van der Waals surface area (Å²) >= 11 is 0. The normalized spacial score (nSPS) is 18.2. The molecule has 1 aliphatic rings. The third kappa shape index (κ3) is 4.61. The number of ketones is 1. The number of rotatable bonds is 8. The van der Waals surface area contributed by atoms with Crippen LogP contribution in [-0.4, -0.2) is 62.9 Å². The zero-order valence-electron chi connectivity index (χ0n) is 14.7. The first-order chi connectivity index (χ1) is 11.6. The van der Waals surface area contributed by atoms with Crippen LogP contribution in [0.5, 0.6) is 17.2 Å². The highest BCUT2D eigenvalue weighted by atomic mass is 16.5. The molecule has 2 rings (SSSR count). The minimum Gasteiger partial charge on any atom is -0.496 e. The zero-order valence-corrected chi connectivity index (χ0v) is 14.7. The third-order valence-electron chi connectivity index (χ3n) is 4.35. The zero-order chi connectivity index (χ0) is 17.5. The molecule has 0 aliphatic carbocycles. The Morgan fingerprint density at radius 2 is 1.88 bits per heavy atom. The molecule has 0 spiro atoms. The van der Waals surface area contributed by atoms with E-state index in [0.717, 1.165) is 32.4 Å². The van der Waals surface area contributed by atoms with Gasteiger partial charge in [-0.25, -0.2) is 0 Å². The summed E-state index contributed by atoms with van der Waals surface area (Å²) in [6.45, 7) is 2.49. The highest BCUT2D eigenvalue weighted by molar-refractivity contribution is 6.01. The second-order valence-electron chi connectivity index (χ2n) is 6.03. The molecule has 0 radical (unpaired) electrons. The van der Waals surface area contributed by atoms with Gasteiger partial charge in [-0.15, -0.1) is 0 Å². The maximum Gasteiger partial charge on any atom is 0.170 e. The summed E-state index contributed by atoms with van der Waals surface area (Å²) in [5.74, 6) is 1.50. The Morgan fingerprint density at radius 3 is 2.42 bits per heavy atom. The van der Waals surface area contributed by atoms with E-state index in [4.69, 9.17) is 14.2 Å². The molecule has 1 fully saturated rings. The summed E-state index contributed by atoms with van der Waals surface area (Å²) in [6, 6.07) is 3.38. The molecule has 0 aromatic heterocycles. The minimum atomic E-state index is -0.240. The molecule has 1 atom stereocenters. The van der Waals surface area contributed by atoms with Crippen LogP contribution < -0.4 is 14.2 Å². The van der Waals surface area contributed by atoms with E-state index in [1.807, 2.05) is 0 Å². The van der Waals surface area contributed by atoms with Crippen LogP contribution in [0.1, 0.15) is 36.0 Å². The highest BCUT2D eigenvalue weighted by Gasteiger charge is 2.21. The summed E-state index contributed by atoms with van der Waals surface area (Å²) in [5.41, 5.74) is 0.458. The van der Waals surface area contributed by atoms with Gasteiger partial charge in [0.1, 0.15) is 22.8 Å². The molecule has 6 heteroatoms. The van der Waals surface area contributed by atoms with E-state index in [1.165, 1.54) is 14.2 Å². The van der Waals surface area contributed by atoms with Gasteiger partial charge < -0.3 is 24.2 Å². The number of carbonyl (C=O) groups is 1. The van der Waals surface area contributed by atoms with Crippen molar-refractivity contribution >= 4 is 5.78 Å². The van der Waals surface area contributed by atoms with E-state index < -0.39 is 0 Å². The molecule has 0 amide bonds. The van der Waals surface area contributed by atoms with Crippen molar-refractivity contribution in [1.82, 2.24) is 4.90 Å². The molecule has 1 heterocycles. The average Bonchev–Trinajstić information content (AvgIpc) is 2.60. The number of aliphatic hydroxyl groups excluding tert-OH is 1. The lowest BCUT2D eigenvalue weighted by Gasteiger charge is -2.29. The van der Waals surface area contributed by atoms with Crippen LogP contribution in [0.3, 0.4) is 0 Å². The molecule has 0 saturated carbocycles. The molecule has 6 nitrogen and oxygen atoms in total. The fourth-order valence-corrected chi connectivity index (χ4v) is 3.10.